The van der Waals surface area contributed by atoms with Crippen molar-refractivity contribution in [2.75, 3.05) is 26.7 Å². The molecule has 1 aliphatic rings. The molecule has 0 aromatic heterocycles. The van der Waals surface area contributed by atoms with Crippen molar-refractivity contribution in [2.45, 2.75) is 20.3 Å². The lowest BCUT2D eigenvalue weighted by Crippen LogP contribution is -2.19. The lowest BCUT2D eigenvalue weighted by Gasteiger charge is -2.13. The van der Waals surface area contributed by atoms with Crippen LogP contribution in [0.15, 0.2) is 48.5 Å². The lowest BCUT2D eigenvalue weighted by molar-refractivity contribution is 0.364. The van der Waals surface area contributed by atoms with Gasteiger partial charge in [0.1, 0.15) is 5.75 Å². The minimum atomic E-state index is 0.838. The molecule has 0 N–H and O–H groups in total. The number of aryl methyl sites for hydroxylation is 1. The summed E-state index contributed by atoms with van der Waals surface area (Å²) >= 11 is 0. The van der Waals surface area contributed by atoms with Crippen LogP contribution in [0.3, 0.4) is 0 Å². The van der Waals surface area contributed by atoms with Crippen LogP contribution in [0.25, 0.3) is 17.2 Å². The highest BCUT2D eigenvalue weighted by atomic mass is 16.5. The molecular weight excluding hydrogens is 294 g/mol. The molecule has 0 unspecified atom stereocenters. The average molecular weight is 321 g/mol. The monoisotopic (exact) mass is 321 g/mol. The smallest absolute Gasteiger partial charge is 0.119 e. The van der Waals surface area contributed by atoms with E-state index in [1.165, 1.54) is 41.8 Å². The summed E-state index contributed by atoms with van der Waals surface area (Å²) in [6.07, 6.45) is 5.90. The fourth-order valence-electron chi connectivity index (χ4n) is 3.52. The second kappa shape index (κ2) is 7.67. The summed E-state index contributed by atoms with van der Waals surface area (Å²) in [6, 6.07) is 14.8. The maximum atomic E-state index is 5.39. The third kappa shape index (κ3) is 3.88. The van der Waals surface area contributed by atoms with Crippen molar-refractivity contribution < 1.29 is 4.74 Å². The zero-order valence-corrected chi connectivity index (χ0v) is 15.0. The topological polar surface area (TPSA) is 12.5 Å². The summed E-state index contributed by atoms with van der Waals surface area (Å²) in [6.45, 7) is 8.00. The normalized spacial score (nSPS) is 18.4. The molecule has 0 spiro atoms. The Kier molecular flexibility index (Phi) is 5.37. The van der Waals surface area contributed by atoms with Gasteiger partial charge in [0.25, 0.3) is 0 Å². The van der Waals surface area contributed by atoms with Gasteiger partial charge in [-0.05, 0) is 60.2 Å². The minimum absolute atomic E-state index is 0.838. The number of rotatable bonds is 5. The van der Waals surface area contributed by atoms with Gasteiger partial charge in [0.05, 0.1) is 7.11 Å². The maximum absolute atomic E-state index is 5.39. The van der Waals surface area contributed by atoms with Crippen molar-refractivity contribution in [3.05, 3.63) is 59.7 Å². The SMILES string of the molecule is COc1cccc(-c2c(C)cccc2/C=C\CN2CC[C@@H](C)C2)c1. The second-order valence-corrected chi connectivity index (χ2v) is 6.83. The molecule has 2 heteroatoms. The molecule has 0 radical (unpaired) electrons. The van der Waals surface area contributed by atoms with E-state index in [4.69, 9.17) is 4.74 Å². The van der Waals surface area contributed by atoms with Crippen molar-refractivity contribution in [3.8, 4) is 16.9 Å². The Hall–Kier alpha value is -2.06. The molecule has 0 aliphatic carbocycles. The molecule has 1 heterocycles. The first-order chi connectivity index (χ1) is 11.7. The van der Waals surface area contributed by atoms with Gasteiger partial charge in [-0.15, -0.1) is 0 Å². The van der Waals surface area contributed by atoms with Gasteiger partial charge in [-0.3, -0.25) is 4.90 Å². The van der Waals surface area contributed by atoms with Gasteiger partial charge in [0.15, 0.2) is 0 Å². The highest BCUT2D eigenvalue weighted by Crippen LogP contribution is 2.30. The van der Waals surface area contributed by atoms with Gasteiger partial charge in [0.2, 0.25) is 0 Å². The van der Waals surface area contributed by atoms with Crippen molar-refractivity contribution >= 4 is 6.08 Å². The first-order valence-corrected chi connectivity index (χ1v) is 8.80. The number of hydrogen-bond acceptors (Lipinski definition) is 2. The Balaban J connectivity index is 1.84. The average Bonchev–Trinajstić information content (AvgIpc) is 3.00. The maximum Gasteiger partial charge on any atom is 0.119 e. The van der Waals surface area contributed by atoms with Gasteiger partial charge >= 0.3 is 0 Å². The van der Waals surface area contributed by atoms with E-state index in [-0.39, 0.29) is 0 Å². The van der Waals surface area contributed by atoms with Crippen LogP contribution in [0.2, 0.25) is 0 Å². The molecule has 2 aromatic carbocycles. The van der Waals surface area contributed by atoms with Crippen LogP contribution in [0.1, 0.15) is 24.5 Å². The Bertz CT molecular complexity index is 720. The Labute approximate surface area is 145 Å². The molecule has 126 valence electrons. The van der Waals surface area contributed by atoms with Crippen molar-refractivity contribution in [2.24, 2.45) is 5.92 Å². The predicted octanol–water partition coefficient (Wildman–Crippen LogP) is 5.03. The summed E-state index contributed by atoms with van der Waals surface area (Å²) in [5.41, 5.74) is 5.07. The van der Waals surface area contributed by atoms with E-state index in [1.54, 1.807) is 7.11 Å². The number of hydrogen-bond donors (Lipinski definition) is 0. The first kappa shape index (κ1) is 16.8. The van der Waals surface area contributed by atoms with Crippen LogP contribution < -0.4 is 4.74 Å². The van der Waals surface area contributed by atoms with Crippen LogP contribution in [0.5, 0.6) is 5.75 Å². The van der Waals surface area contributed by atoms with Crippen LogP contribution in [0.4, 0.5) is 0 Å². The molecule has 1 aliphatic heterocycles. The fourth-order valence-corrected chi connectivity index (χ4v) is 3.52. The third-order valence-electron chi connectivity index (χ3n) is 4.83. The molecule has 1 fully saturated rings. The van der Waals surface area contributed by atoms with Gasteiger partial charge < -0.3 is 4.74 Å². The van der Waals surface area contributed by atoms with Crippen LogP contribution in [-0.4, -0.2) is 31.6 Å². The first-order valence-electron chi connectivity index (χ1n) is 8.80. The number of methoxy groups -OCH3 is 1. The van der Waals surface area contributed by atoms with Gasteiger partial charge in [0, 0.05) is 13.1 Å². The Morgan fingerprint density at radius 2 is 2.04 bits per heavy atom. The fraction of sp³-hybridized carbons (Fsp3) is 0.364. The Morgan fingerprint density at radius 1 is 1.21 bits per heavy atom. The van der Waals surface area contributed by atoms with Crippen LogP contribution in [0, 0.1) is 12.8 Å². The Morgan fingerprint density at radius 3 is 2.79 bits per heavy atom. The number of benzene rings is 2. The van der Waals surface area contributed by atoms with Crippen molar-refractivity contribution in [1.29, 1.82) is 0 Å². The predicted molar refractivity (Wildman–Crippen MR) is 102 cm³/mol. The van der Waals surface area contributed by atoms with E-state index in [2.05, 4.69) is 67.3 Å². The molecular formula is C22H27NO. The minimum Gasteiger partial charge on any atom is -0.497 e. The molecule has 0 saturated carbocycles. The highest BCUT2D eigenvalue weighted by molar-refractivity contribution is 5.78. The number of likely N-dealkylation sites (tertiary alicyclic amines) is 1. The summed E-state index contributed by atoms with van der Waals surface area (Å²) in [5.74, 6) is 1.74. The molecule has 0 amide bonds. The standard InChI is InChI=1S/C22H27NO/c1-17-12-14-23(16-17)13-6-10-19-8-4-7-18(2)22(19)20-9-5-11-21(15-20)24-3/h4-11,15,17H,12-14,16H2,1-3H3/b10-6-/t17-/m1/s1. The van der Waals surface area contributed by atoms with Crippen molar-refractivity contribution in [1.82, 2.24) is 4.90 Å². The number of ether oxygens (including phenoxy) is 1. The van der Waals surface area contributed by atoms with E-state index >= 15 is 0 Å². The molecule has 1 saturated heterocycles. The largest absolute Gasteiger partial charge is 0.497 e. The third-order valence-corrected chi connectivity index (χ3v) is 4.83. The molecule has 3 rings (SSSR count). The summed E-state index contributed by atoms with van der Waals surface area (Å²) < 4.78 is 5.39. The van der Waals surface area contributed by atoms with Crippen LogP contribution in [-0.2, 0) is 0 Å². The van der Waals surface area contributed by atoms with Gasteiger partial charge in [-0.2, -0.15) is 0 Å². The van der Waals surface area contributed by atoms with Crippen LogP contribution >= 0.6 is 0 Å². The molecule has 1 atom stereocenters. The van der Waals surface area contributed by atoms with Crippen molar-refractivity contribution in [3.63, 3.8) is 0 Å². The van der Waals surface area contributed by atoms with E-state index < -0.39 is 0 Å². The second-order valence-electron chi connectivity index (χ2n) is 6.83. The summed E-state index contributed by atoms with van der Waals surface area (Å²) in [5, 5.41) is 0. The molecule has 2 aromatic rings. The van der Waals surface area contributed by atoms with Gasteiger partial charge in [-0.25, -0.2) is 0 Å². The molecule has 24 heavy (non-hydrogen) atoms. The van der Waals surface area contributed by atoms with E-state index in [0.717, 1.165) is 18.2 Å². The molecule has 2 nitrogen and oxygen atoms in total. The lowest BCUT2D eigenvalue weighted by atomic mass is 9.94. The van der Waals surface area contributed by atoms with E-state index in [9.17, 15) is 0 Å². The quantitative estimate of drug-likeness (QED) is 0.766. The number of nitrogens with zero attached hydrogens (tertiary/aromatic N) is 1. The molecule has 0 bridgehead atoms. The summed E-state index contributed by atoms with van der Waals surface area (Å²) in [7, 11) is 1.72. The van der Waals surface area contributed by atoms with E-state index in [0.29, 0.717) is 0 Å². The summed E-state index contributed by atoms with van der Waals surface area (Å²) in [4.78, 5) is 2.53. The highest BCUT2D eigenvalue weighted by Gasteiger charge is 2.16. The zero-order chi connectivity index (χ0) is 16.9. The van der Waals surface area contributed by atoms with E-state index in [1.807, 2.05) is 6.07 Å². The zero-order valence-electron chi connectivity index (χ0n) is 15.0. The van der Waals surface area contributed by atoms with Gasteiger partial charge in [-0.1, -0.05) is 49.4 Å².